The lowest BCUT2D eigenvalue weighted by molar-refractivity contribution is 0.484. The van der Waals surface area contributed by atoms with Gasteiger partial charge in [-0.05, 0) is 78.2 Å². The van der Waals surface area contributed by atoms with Gasteiger partial charge in [0, 0.05) is 62.7 Å². The van der Waals surface area contributed by atoms with E-state index < -0.39 is 0 Å². The molecule has 6 nitrogen and oxygen atoms in total. The first-order chi connectivity index (χ1) is 24.8. The van der Waals surface area contributed by atoms with E-state index in [1.54, 1.807) is 0 Å². The van der Waals surface area contributed by atoms with Crippen molar-refractivity contribution in [1.82, 2.24) is 23.5 Å². The molecule has 0 saturated carbocycles. The highest BCUT2D eigenvalue weighted by atomic mass is 16.5. The van der Waals surface area contributed by atoms with Crippen LogP contribution in [0.15, 0.2) is 164 Å². The third-order valence-corrected chi connectivity index (χ3v) is 9.99. The summed E-state index contributed by atoms with van der Waals surface area (Å²) >= 11 is 0. The smallest absolute Gasteiger partial charge is 0.145 e. The second kappa shape index (κ2) is 10.3. The van der Waals surface area contributed by atoms with Gasteiger partial charge in [-0.3, -0.25) is 8.97 Å². The number of rotatable bonds is 4. The summed E-state index contributed by atoms with van der Waals surface area (Å²) in [5.74, 6) is 2.35. The summed E-state index contributed by atoms with van der Waals surface area (Å²) < 4.78 is 13.5. The van der Waals surface area contributed by atoms with Crippen molar-refractivity contribution in [2.24, 2.45) is 0 Å². The van der Waals surface area contributed by atoms with Crippen molar-refractivity contribution >= 4 is 70.9 Å². The Balaban J connectivity index is 1.16. The topological polar surface area (TPSA) is 49.3 Å². The van der Waals surface area contributed by atoms with Crippen LogP contribution in [0, 0.1) is 0 Å². The van der Waals surface area contributed by atoms with Gasteiger partial charge in [0.05, 0.1) is 27.6 Å². The zero-order valence-electron chi connectivity index (χ0n) is 26.7. The van der Waals surface area contributed by atoms with Gasteiger partial charge in [0.2, 0.25) is 0 Å². The highest BCUT2D eigenvalue weighted by molar-refractivity contribution is 6.26. The van der Waals surface area contributed by atoms with Crippen LogP contribution in [0.3, 0.4) is 0 Å². The van der Waals surface area contributed by atoms with Gasteiger partial charge in [-0.2, -0.15) is 0 Å². The summed E-state index contributed by atoms with van der Waals surface area (Å²) in [7, 11) is 0. The standard InChI is InChI=1S/C44H27N5O/c1-2-10-28(11-3-1)48-38-15-7-5-13-33(38)34-21-22-39-42(43(34)48)35-20-18-30(27-40(35)49(39)41-16-8-9-23-45-41)50-29-17-19-31-32-12-4-6-14-37(32)47-25-24-46-44(47)36(31)26-29/h1-27H. The van der Waals surface area contributed by atoms with Crippen LogP contribution in [0.4, 0.5) is 0 Å². The Morgan fingerprint density at radius 1 is 0.440 bits per heavy atom. The maximum atomic E-state index is 6.67. The molecule has 0 radical (unpaired) electrons. The molecule has 5 heterocycles. The molecular weight excluding hydrogens is 615 g/mol. The zero-order valence-corrected chi connectivity index (χ0v) is 26.7. The van der Waals surface area contributed by atoms with Crippen LogP contribution in [-0.4, -0.2) is 23.5 Å². The molecule has 50 heavy (non-hydrogen) atoms. The Morgan fingerprint density at radius 3 is 2.00 bits per heavy atom. The molecule has 0 fully saturated rings. The summed E-state index contributed by atoms with van der Waals surface area (Å²) in [6.07, 6.45) is 5.72. The Bertz CT molecular complexity index is 3120. The molecule has 0 unspecified atom stereocenters. The van der Waals surface area contributed by atoms with Crippen molar-refractivity contribution in [3.8, 4) is 23.0 Å². The van der Waals surface area contributed by atoms with E-state index in [4.69, 9.17) is 14.7 Å². The Kier molecular flexibility index (Phi) is 5.57. The van der Waals surface area contributed by atoms with E-state index in [0.29, 0.717) is 0 Å². The maximum absolute atomic E-state index is 6.67. The summed E-state index contributed by atoms with van der Waals surface area (Å²) in [6, 6.07) is 51.0. The van der Waals surface area contributed by atoms with Crippen molar-refractivity contribution < 1.29 is 4.74 Å². The predicted molar refractivity (Wildman–Crippen MR) is 203 cm³/mol. The van der Waals surface area contributed by atoms with Crippen LogP contribution < -0.4 is 4.74 Å². The number of imidazole rings is 1. The lowest BCUT2D eigenvalue weighted by atomic mass is 10.1. The number of hydrogen-bond acceptors (Lipinski definition) is 3. The number of fused-ring (bicyclic) bond motifs is 13. The summed E-state index contributed by atoms with van der Waals surface area (Å²) in [5, 5.41) is 8.12. The normalized spacial score (nSPS) is 12.0. The number of aromatic nitrogens is 5. The van der Waals surface area contributed by atoms with Gasteiger partial charge >= 0.3 is 0 Å². The molecule has 0 aliphatic carbocycles. The lowest BCUT2D eigenvalue weighted by Gasteiger charge is -2.11. The molecule has 11 rings (SSSR count). The van der Waals surface area contributed by atoms with Gasteiger partial charge in [0.25, 0.3) is 0 Å². The third-order valence-electron chi connectivity index (χ3n) is 9.99. The van der Waals surface area contributed by atoms with Gasteiger partial charge < -0.3 is 9.30 Å². The van der Waals surface area contributed by atoms with Crippen LogP contribution in [0.1, 0.15) is 0 Å². The molecule has 5 aromatic heterocycles. The van der Waals surface area contributed by atoms with Crippen LogP contribution in [0.25, 0.3) is 82.4 Å². The molecule has 6 heteroatoms. The number of para-hydroxylation sites is 3. The molecule has 0 bridgehead atoms. The monoisotopic (exact) mass is 641 g/mol. The minimum Gasteiger partial charge on any atom is -0.457 e. The first kappa shape index (κ1) is 27.1. The highest BCUT2D eigenvalue weighted by Gasteiger charge is 2.21. The molecular formula is C44H27N5O. The second-order valence-corrected chi connectivity index (χ2v) is 12.7. The average molecular weight is 642 g/mol. The minimum atomic E-state index is 0.747. The first-order valence-electron chi connectivity index (χ1n) is 16.7. The van der Waals surface area contributed by atoms with Crippen molar-refractivity contribution in [3.05, 3.63) is 164 Å². The van der Waals surface area contributed by atoms with Gasteiger partial charge in [0.1, 0.15) is 23.0 Å². The van der Waals surface area contributed by atoms with E-state index in [2.05, 4.69) is 147 Å². The largest absolute Gasteiger partial charge is 0.457 e. The fourth-order valence-corrected chi connectivity index (χ4v) is 7.93. The SMILES string of the molecule is c1ccc(-n2c3ccccc3c3ccc4c(c5ccc(Oc6ccc7c8ccccc8n8ccnc8c7c6)cc5n4-c4ccccn4)c32)cc1. The van der Waals surface area contributed by atoms with Crippen LogP contribution in [-0.2, 0) is 0 Å². The third kappa shape index (κ3) is 3.78. The van der Waals surface area contributed by atoms with Gasteiger partial charge in [-0.1, -0.05) is 66.7 Å². The fraction of sp³-hybridized carbons (Fsp3) is 0. The van der Waals surface area contributed by atoms with E-state index in [1.165, 1.54) is 32.6 Å². The Morgan fingerprint density at radius 2 is 1.16 bits per heavy atom. The van der Waals surface area contributed by atoms with E-state index in [9.17, 15) is 0 Å². The van der Waals surface area contributed by atoms with Crippen LogP contribution in [0.2, 0.25) is 0 Å². The minimum absolute atomic E-state index is 0.747. The van der Waals surface area contributed by atoms with Gasteiger partial charge in [-0.25, -0.2) is 9.97 Å². The second-order valence-electron chi connectivity index (χ2n) is 12.7. The van der Waals surface area contributed by atoms with E-state index in [-0.39, 0.29) is 0 Å². The number of ether oxygens (including phenoxy) is 1. The van der Waals surface area contributed by atoms with Crippen molar-refractivity contribution in [2.75, 3.05) is 0 Å². The van der Waals surface area contributed by atoms with Crippen molar-refractivity contribution in [2.45, 2.75) is 0 Å². The summed E-state index contributed by atoms with van der Waals surface area (Å²) in [5.41, 5.74) is 7.63. The molecule has 11 aromatic rings. The van der Waals surface area contributed by atoms with Gasteiger partial charge in [0.15, 0.2) is 0 Å². The molecule has 0 amide bonds. The van der Waals surface area contributed by atoms with Crippen LogP contribution >= 0.6 is 0 Å². The number of nitrogens with zero attached hydrogens (tertiary/aromatic N) is 5. The quantitative estimate of drug-likeness (QED) is 0.180. The molecule has 6 aromatic carbocycles. The molecule has 0 spiro atoms. The molecule has 234 valence electrons. The van der Waals surface area contributed by atoms with Crippen molar-refractivity contribution in [1.29, 1.82) is 0 Å². The number of hydrogen-bond donors (Lipinski definition) is 0. The number of pyridine rings is 2. The van der Waals surface area contributed by atoms with E-state index in [1.807, 2.05) is 30.7 Å². The lowest BCUT2D eigenvalue weighted by Crippen LogP contribution is -1.97. The van der Waals surface area contributed by atoms with E-state index >= 15 is 0 Å². The van der Waals surface area contributed by atoms with Crippen LogP contribution in [0.5, 0.6) is 11.5 Å². The number of benzene rings is 6. The maximum Gasteiger partial charge on any atom is 0.145 e. The fourth-order valence-electron chi connectivity index (χ4n) is 7.93. The molecule has 0 aliphatic heterocycles. The summed E-state index contributed by atoms with van der Waals surface area (Å²) in [4.78, 5) is 9.55. The highest BCUT2D eigenvalue weighted by Crippen LogP contribution is 2.43. The average Bonchev–Trinajstić information content (AvgIpc) is 3.89. The molecule has 0 aliphatic rings. The molecule has 0 atom stereocenters. The van der Waals surface area contributed by atoms with E-state index in [0.717, 1.165) is 61.4 Å². The van der Waals surface area contributed by atoms with Crippen molar-refractivity contribution in [3.63, 3.8) is 0 Å². The zero-order chi connectivity index (χ0) is 32.8. The Labute approximate surface area is 285 Å². The van der Waals surface area contributed by atoms with Gasteiger partial charge in [-0.15, -0.1) is 0 Å². The predicted octanol–water partition coefficient (Wildman–Crippen LogP) is 11.0. The summed E-state index contributed by atoms with van der Waals surface area (Å²) in [6.45, 7) is 0. The first-order valence-corrected chi connectivity index (χ1v) is 16.7. The Hall–Kier alpha value is -6.92. The molecule has 0 saturated heterocycles. The molecule has 0 N–H and O–H groups in total.